The van der Waals surface area contributed by atoms with Gasteiger partial charge in [0, 0.05) is 5.25 Å². The lowest BCUT2D eigenvalue weighted by molar-refractivity contribution is 0.296. The second kappa shape index (κ2) is 4.24. The first kappa shape index (κ1) is 8.41. The predicted octanol–water partition coefficient (Wildman–Crippen LogP) is 2.28. The van der Waals surface area contributed by atoms with Gasteiger partial charge < -0.3 is 5.11 Å². The van der Waals surface area contributed by atoms with Crippen LogP contribution in [0.2, 0.25) is 0 Å². The standard InChI is InChI=1S/C8H14OS/c9-6-5-7-3-1-2-4-8(7)10/h7-10H,1-5H2. The van der Waals surface area contributed by atoms with E-state index in [0.717, 1.165) is 0 Å². The van der Waals surface area contributed by atoms with Crippen molar-refractivity contribution in [1.82, 2.24) is 0 Å². The maximum Gasteiger partial charge on any atom is 0.128 e. The summed E-state index contributed by atoms with van der Waals surface area (Å²) in [6.07, 6.45) is 5.71. The zero-order chi connectivity index (χ0) is 7.40. The van der Waals surface area contributed by atoms with Gasteiger partial charge in [0.1, 0.15) is 6.61 Å². The molecule has 10 heavy (non-hydrogen) atoms. The summed E-state index contributed by atoms with van der Waals surface area (Å²) in [4.78, 5) is 0. The molecule has 0 bridgehead atoms. The number of aliphatic hydroxyl groups is 1. The Morgan fingerprint density at radius 3 is 2.70 bits per heavy atom. The maximum absolute atomic E-state index is 8.45. The van der Waals surface area contributed by atoms with Gasteiger partial charge in [-0.3, -0.25) is 0 Å². The zero-order valence-corrected chi connectivity index (χ0v) is 6.98. The van der Waals surface area contributed by atoms with Crippen LogP contribution in [0.5, 0.6) is 0 Å². The summed E-state index contributed by atoms with van der Waals surface area (Å²) in [6, 6.07) is 0. The quantitative estimate of drug-likeness (QED) is 0.591. The van der Waals surface area contributed by atoms with Crippen LogP contribution in [0.1, 0.15) is 32.1 Å². The minimum atomic E-state index is 0.494. The van der Waals surface area contributed by atoms with Crippen LogP contribution in [0.15, 0.2) is 0 Å². The summed E-state index contributed by atoms with van der Waals surface area (Å²) in [6.45, 7) is 2.22. The molecular weight excluding hydrogens is 144 g/mol. The van der Waals surface area contributed by atoms with Gasteiger partial charge in [-0.15, -0.1) is 0 Å². The molecule has 1 nitrogen and oxygen atoms in total. The van der Waals surface area contributed by atoms with E-state index >= 15 is 0 Å². The van der Waals surface area contributed by atoms with Crippen LogP contribution in [-0.4, -0.2) is 10.4 Å². The highest BCUT2D eigenvalue weighted by Gasteiger charge is 2.21. The Morgan fingerprint density at radius 2 is 2.10 bits per heavy atom. The molecule has 1 N–H and O–H groups in total. The van der Waals surface area contributed by atoms with Crippen LogP contribution < -0.4 is 0 Å². The van der Waals surface area contributed by atoms with E-state index in [9.17, 15) is 0 Å². The molecule has 0 aliphatic heterocycles. The highest BCUT2D eigenvalue weighted by Crippen LogP contribution is 2.30. The van der Waals surface area contributed by atoms with Crippen molar-refractivity contribution in [1.29, 1.82) is 0 Å². The van der Waals surface area contributed by atoms with E-state index in [1.165, 1.54) is 25.7 Å². The molecule has 2 radical (unpaired) electrons. The molecule has 0 heterocycles. The second-order valence-corrected chi connectivity index (χ2v) is 3.64. The second-order valence-electron chi connectivity index (χ2n) is 2.97. The van der Waals surface area contributed by atoms with E-state index in [1.807, 2.05) is 0 Å². The molecule has 1 saturated carbocycles. The van der Waals surface area contributed by atoms with Crippen molar-refractivity contribution >= 4 is 12.6 Å². The van der Waals surface area contributed by atoms with E-state index < -0.39 is 0 Å². The van der Waals surface area contributed by atoms with Crippen LogP contribution in [0.4, 0.5) is 0 Å². The van der Waals surface area contributed by atoms with E-state index in [0.29, 0.717) is 17.6 Å². The first-order valence-corrected chi connectivity index (χ1v) is 4.41. The van der Waals surface area contributed by atoms with Gasteiger partial charge in [0.05, 0.1) is 0 Å². The minimum absolute atomic E-state index is 0.494. The summed E-state index contributed by atoms with van der Waals surface area (Å²) in [5, 5.41) is 8.95. The van der Waals surface area contributed by atoms with E-state index in [4.69, 9.17) is 5.11 Å². The van der Waals surface area contributed by atoms with Gasteiger partial charge in [0.25, 0.3) is 0 Å². The fraction of sp³-hybridized carbons (Fsp3) is 0.875. The zero-order valence-electron chi connectivity index (χ0n) is 6.08. The van der Waals surface area contributed by atoms with Crippen molar-refractivity contribution in [2.24, 2.45) is 5.92 Å². The highest BCUT2D eigenvalue weighted by atomic mass is 32.1. The third-order valence-electron chi connectivity index (χ3n) is 2.22. The van der Waals surface area contributed by atoms with E-state index in [-0.39, 0.29) is 0 Å². The smallest absolute Gasteiger partial charge is 0.128 e. The van der Waals surface area contributed by atoms with Crippen molar-refractivity contribution in [3.05, 3.63) is 6.61 Å². The normalized spacial score (nSPS) is 34.2. The van der Waals surface area contributed by atoms with Crippen LogP contribution in [0.25, 0.3) is 0 Å². The van der Waals surface area contributed by atoms with Gasteiger partial charge in [-0.1, -0.05) is 12.8 Å². The Labute approximate surface area is 68.2 Å². The number of aliphatic hydroxyl groups excluding tert-OH is 1. The number of rotatable bonds is 2. The van der Waals surface area contributed by atoms with Gasteiger partial charge in [0.15, 0.2) is 0 Å². The Bertz CT molecular complexity index is 93.3. The van der Waals surface area contributed by atoms with Gasteiger partial charge in [0.2, 0.25) is 0 Å². The lowest BCUT2D eigenvalue weighted by Crippen LogP contribution is -2.19. The lowest BCUT2D eigenvalue weighted by Gasteiger charge is -2.26. The van der Waals surface area contributed by atoms with Crippen LogP contribution >= 0.6 is 12.6 Å². The molecule has 0 aromatic carbocycles. The third kappa shape index (κ3) is 2.17. The van der Waals surface area contributed by atoms with Crippen molar-refractivity contribution in [2.75, 3.05) is 0 Å². The Kier molecular flexibility index (Phi) is 3.57. The highest BCUT2D eigenvalue weighted by molar-refractivity contribution is 7.81. The van der Waals surface area contributed by atoms with Gasteiger partial charge >= 0.3 is 0 Å². The summed E-state index contributed by atoms with van der Waals surface area (Å²) in [5.41, 5.74) is 0. The fourth-order valence-electron chi connectivity index (χ4n) is 1.54. The lowest BCUT2D eigenvalue weighted by atomic mass is 9.87. The van der Waals surface area contributed by atoms with Crippen molar-refractivity contribution < 1.29 is 5.11 Å². The molecule has 0 saturated heterocycles. The van der Waals surface area contributed by atoms with Gasteiger partial charge in [-0.2, -0.15) is 12.6 Å². The molecule has 2 unspecified atom stereocenters. The molecule has 1 aliphatic carbocycles. The van der Waals surface area contributed by atoms with E-state index in [1.54, 1.807) is 0 Å². The SMILES string of the molecule is O[C]CC1CCCCC1S. The Balaban J connectivity index is 2.25. The molecule has 58 valence electrons. The van der Waals surface area contributed by atoms with Crippen LogP contribution in [0, 0.1) is 12.5 Å². The third-order valence-corrected chi connectivity index (χ3v) is 2.90. The van der Waals surface area contributed by atoms with Gasteiger partial charge in [-0.25, -0.2) is 0 Å². The van der Waals surface area contributed by atoms with Crippen molar-refractivity contribution in [3.8, 4) is 0 Å². The summed E-state index contributed by atoms with van der Waals surface area (Å²) < 4.78 is 0. The molecular formula is C8H14OS. The predicted molar refractivity (Wildman–Crippen MR) is 44.5 cm³/mol. The van der Waals surface area contributed by atoms with Crippen molar-refractivity contribution in [3.63, 3.8) is 0 Å². The average Bonchev–Trinajstić information content (AvgIpc) is 1.94. The van der Waals surface area contributed by atoms with Crippen LogP contribution in [-0.2, 0) is 0 Å². The first-order chi connectivity index (χ1) is 4.84. The summed E-state index contributed by atoms with van der Waals surface area (Å²) >= 11 is 4.44. The molecule has 2 heteroatoms. The summed E-state index contributed by atoms with van der Waals surface area (Å²) in [7, 11) is 0. The number of thiol groups is 1. The number of hydrogen-bond acceptors (Lipinski definition) is 2. The van der Waals surface area contributed by atoms with Gasteiger partial charge in [-0.05, 0) is 25.2 Å². The molecule has 1 fully saturated rings. The Morgan fingerprint density at radius 1 is 1.40 bits per heavy atom. The molecule has 2 atom stereocenters. The molecule has 1 aliphatic rings. The minimum Gasteiger partial charge on any atom is -0.384 e. The first-order valence-electron chi connectivity index (χ1n) is 3.89. The molecule has 1 rings (SSSR count). The monoisotopic (exact) mass is 158 g/mol. The van der Waals surface area contributed by atoms with Crippen molar-refractivity contribution in [2.45, 2.75) is 37.4 Å². The van der Waals surface area contributed by atoms with E-state index in [2.05, 4.69) is 19.2 Å². The fourth-order valence-corrected chi connectivity index (χ4v) is 1.98. The molecule has 0 spiro atoms. The molecule has 0 aromatic rings. The topological polar surface area (TPSA) is 20.2 Å². The maximum atomic E-state index is 8.45. The molecule has 0 aromatic heterocycles. The molecule has 0 amide bonds. The Hall–Kier alpha value is 0.310. The summed E-state index contributed by atoms with van der Waals surface area (Å²) in [5.74, 6) is 0.571. The van der Waals surface area contributed by atoms with Crippen LogP contribution in [0.3, 0.4) is 0 Å². The number of hydrogen-bond donors (Lipinski definition) is 2. The average molecular weight is 158 g/mol. The largest absolute Gasteiger partial charge is 0.384 e.